The normalized spacial score (nSPS) is 23.5. The van der Waals surface area contributed by atoms with Gasteiger partial charge < -0.3 is 20.3 Å². The van der Waals surface area contributed by atoms with Crippen molar-refractivity contribution in [1.29, 1.82) is 0 Å². The zero-order chi connectivity index (χ0) is 18.2. The minimum atomic E-state index is -0.854. The van der Waals surface area contributed by atoms with Gasteiger partial charge in [-0.2, -0.15) is 4.58 Å². The highest BCUT2D eigenvalue weighted by atomic mass is 35.5. The molecule has 136 valence electrons. The highest BCUT2D eigenvalue weighted by Crippen LogP contribution is 2.37. The van der Waals surface area contributed by atoms with Crippen molar-refractivity contribution in [2.24, 2.45) is 11.7 Å². The first-order chi connectivity index (χ1) is 11.9. The lowest BCUT2D eigenvalue weighted by molar-refractivity contribution is -0.469. The van der Waals surface area contributed by atoms with Gasteiger partial charge in [0, 0.05) is 37.6 Å². The highest BCUT2D eigenvalue weighted by Gasteiger charge is 2.53. The Labute approximate surface area is 156 Å². The van der Waals surface area contributed by atoms with Crippen molar-refractivity contribution in [3.05, 3.63) is 27.7 Å². The number of carbonyl (C=O) groups excluding carboxylic acids is 1. The Morgan fingerprint density at radius 1 is 1.44 bits per heavy atom. The maximum Gasteiger partial charge on any atom is 0.423 e. The van der Waals surface area contributed by atoms with E-state index in [1.54, 1.807) is 10.6 Å². The van der Waals surface area contributed by atoms with Crippen LogP contribution < -0.4 is 5.73 Å². The number of nitrogens with zero attached hydrogens (tertiary/aromatic N) is 1. The first-order valence-corrected chi connectivity index (χ1v) is 8.84. The average Bonchev–Trinajstić information content (AvgIpc) is 2.57. The van der Waals surface area contributed by atoms with Gasteiger partial charge in [-0.15, -0.1) is 0 Å². The number of ether oxygens (including phenoxy) is 2. The molecule has 25 heavy (non-hydrogen) atoms. The fraction of sp³-hybridized carbons (Fsp3) is 0.529. The van der Waals surface area contributed by atoms with Crippen molar-refractivity contribution in [2.75, 3.05) is 26.9 Å². The maximum atomic E-state index is 12.6. The summed E-state index contributed by atoms with van der Waals surface area (Å²) < 4.78 is 12.2. The average molecular weight is 388 g/mol. The van der Waals surface area contributed by atoms with Gasteiger partial charge in [0.05, 0.1) is 23.3 Å². The summed E-state index contributed by atoms with van der Waals surface area (Å²) >= 11 is 11.9. The first kappa shape index (κ1) is 18.6. The second-order valence-corrected chi connectivity index (χ2v) is 7.32. The fourth-order valence-electron chi connectivity index (χ4n) is 3.24. The predicted octanol–water partition coefficient (Wildman–Crippen LogP) is 2.13. The van der Waals surface area contributed by atoms with Crippen molar-refractivity contribution in [2.45, 2.75) is 24.5 Å². The molecule has 1 amide bonds. The Hall–Kier alpha value is -1.18. The summed E-state index contributed by atoms with van der Waals surface area (Å²) in [5, 5.41) is 10.7. The van der Waals surface area contributed by atoms with Crippen molar-refractivity contribution in [3.8, 4) is 5.75 Å². The van der Waals surface area contributed by atoms with Gasteiger partial charge in [-0.1, -0.05) is 23.2 Å². The molecule has 2 aliphatic heterocycles. The van der Waals surface area contributed by atoms with E-state index in [4.69, 9.17) is 38.4 Å². The molecular formula is C17H21Cl2N2O4+. The minimum Gasteiger partial charge on any atom is -0.508 e. The molecule has 1 aromatic carbocycles. The Kier molecular flexibility index (Phi) is 5.37. The van der Waals surface area contributed by atoms with Crippen molar-refractivity contribution in [1.82, 2.24) is 0 Å². The number of halogens is 2. The number of hydrogen-bond acceptors (Lipinski definition) is 5. The van der Waals surface area contributed by atoms with E-state index in [0.29, 0.717) is 30.0 Å². The number of carbonyl (C=O) groups is 1. The van der Waals surface area contributed by atoms with Crippen LogP contribution in [0.25, 0.3) is 0 Å². The van der Waals surface area contributed by atoms with Crippen LogP contribution in [0.15, 0.2) is 12.1 Å². The van der Waals surface area contributed by atoms with Gasteiger partial charge in [0.25, 0.3) is 0 Å². The largest absolute Gasteiger partial charge is 0.508 e. The number of nitrogens with two attached hydrogens (primary N) is 1. The van der Waals surface area contributed by atoms with Gasteiger partial charge in [0.15, 0.2) is 6.54 Å². The second kappa shape index (κ2) is 7.21. The molecule has 0 saturated carbocycles. The van der Waals surface area contributed by atoms with E-state index in [1.807, 2.05) is 6.21 Å². The first-order valence-electron chi connectivity index (χ1n) is 8.09. The third-order valence-electron chi connectivity index (χ3n) is 5.02. The summed E-state index contributed by atoms with van der Waals surface area (Å²) in [4.78, 5) is 12.6. The smallest absolute Gasteiger partial charge is 0.423 e. The van der Waals surface area contributed by atoms with E-state index in [1.165, 1.54) is 13.2 Å². The minimum absolute atomic E-state index is 0.0327. The third kappa shape index (κ3) is 3.41. The number of methoxy groups -OCH3 is 1. The molecule has 0 radical (unpaired) electrons. The number of phenols is 1. The van der Waals surface area contributed by atoms with Gasteiger partial charge in [-0.05, 0) is 12.0 Å². The van der Waals surface area contributed by atoms with Gasteiger partial charge in [0.1, 0.15) is 12.0 Å². The molecule has 0 aromatic heterocycles. The topological polar surface area (TPSA) is 84.8 Å². The van der Waals surface area contributed by atoms with Crippen LogP contribution in [-0.4, -0.2) is 54.3 Å². The number of benzene rings is 1. The Morgan fingerprint density at radius 2 is 2.12 bits per heavy atom. The molecule has 2 atom stereocenters. The van der Waals surface area contributed by atoms with Crippen LogP contribution in [0, 0.1) is 5.92 Å². The molecule has 1 unspecified atom stereocenters. The molecule has 0 aliphatic carbocycles. The van der Waals surface area contributed by atoms with Crippen molar-refractivity contribution >= 4 is 35.3 Å². The number of hydrogen-bond donors (Lipinski definition) is 2. The van der Waals surface area contributed by atoms with E-state index in [-0.39, 0.29) is 35.8 Å². The van der Waals surface area contributed by atoms with Crippen LogP contribution in [0.4, 0.5) is 0 Å². The van der Waals surface area contributed by atoms with E-state index >= 15 is 0 Å². The number of rotatable bonds is 4. The predicted molar refractivity (Wildman–Crippen MR) is 94.5 cm³/mol. The Morgan fingerprint density at radius 3 is 2.64 bits per heavy atom. The monoisotopic (exact) mass is 387 g/mol. The number of amides is 1. The van der Waals surface area contributed by atoms with Crippen molar-refractivity contribution < 1.29 is 24.0 Å². The zero-order valence-electron chi connectivity index (χ0n) is 13.9. The van der Waals surface area contributed by atoms with E-state index in [9.17, 15) is 9.90 Å². The summed E-state index contributed by atoms with van der Waals surface area (Å²) in [5.41, 5.74) is 6.04. The van der Waals surface area contributed by atoms with Gasteiger partial charge in [-0.25, -0.2) is 4.79 Å². The molecule has 3 N–H and O–H groups in total. The van der Waals surface area contributed by atoms with Crippen LogP contribution in [-0.2, 0) is 14.3 Å². The molecular weight excluding hydrogens is 367 g/mol. The summed E-state index contributed by atoms with van der Waals surface area (Å²) in [7, 11) is 1.52. The zero-order valence-corrected chi connectivity index (χ0v) is 15.4. The van der Waals surface area contributed by atoms with E-state index in [0.717, 1.165) is 0 Å². The molecule has 8 heteroatoms. The Bertz CT molecular complexity index is 713. The molecule has 1 saturated heterocycles. The highest BCUT2D eigenvalue weighted by molar-refractivity contribution is 6.42. The van der Waals surface area contributed by atoms with Crippen LogP contribution >= 0.6 is 23.2 Å². The van der Waals surface area contributed by atoms with Gasteiger partial charge in [-0.3, -0.25) is 0 Å². The summed E-state index contributed by atoms with van der Waals surface area (Å²) in [6.07, 6.45) is 3.18. The van der Waals surface area contributed by atoms with Gasteiger partial charge in [0.2, 0.25) is 5.60 Å². The lowest BCUT2D eigenvalue weighted by Crippen LogP contribution is -2.61. The van der Waals surface area contributed by atoms with Crippen LogP contribution in [0.5, 0.6) is 5.75 Å². The van der Waals surface area contributed by atoms with E-state index in [2.05, 4.69) is 0 Å². The lowest BCUT2D eigenvalue weighted by atomic mass is 9.86. The number of phenolic OH excluding ortho intramolecular Hbond substituents is 1. The Balaban J connectivity index is 1.72. The lowest BCUT2D eigenvalue weighted by Gasteiger charge is -2.35. The van der Waals surface area contributed by atoms with Crippen LogP contribution in [0.1, 0.15) is 24.4 Å². The SMILES string of the molecule is COC1(C(=O)[N+]2=CCC([C@@H](N)c3cc(Cl)c(Cl)cc3O)CC2)COC1. The molecule has 6 nitrogen and oxygen atoms in total. The molecule has 2 aliphatic rings. The summed E-state index contributed by atoms with van der Waals surface area (Å²) in [6.45, 7) is 1.11. The second-order valence-electron chi connectivity index (χ2n) is 6.51. The molecule has 1 fully saturated rings. The van der Waals surface area contributed by atoms with Crippen LogP contribution in [0.3, 0.4) is 0 Å². The standard InChI is InChI=1S/C17H20Cl2N2O4/c1-24-17(8-25-9-17)16(23)21-4-2-10(3-5-21)15(20)11-6-12(18)13(19)7-14(11)22/h4,6-7,10,15H,2-3,5,8-9,20H2,1H3/p+1/t10?,15-/m1/s1. The maximum absolute atomic E-state index is 12.6. The number of aromatic hydroxyl groups is 1. The quantitative estimate of drug-likeness (QED) is 0.772. The van der Waals surface area contributed by atoms with E-state index < -0.39 is 11.6 Å². The molecule has 0 spiro atoms. The molecule has 2 heterocycles. The fourth-order valence-corrected chi connectivity index (χ4v) is 3.57. The summed E-state index contributed by atoms with van der Waals surface area (Å²) in [6, 6.07) is 2.61. The summed E-state index contributed by atoms with van der Waals surface area (Å²) in [5.74, 6) is 0.0411. The molecule has 1 aromatic rings. The van der Waals surface area contributed by atoms with Gasteiger partial charge >= 0.3 is 5.91 Å². The van der Waals surface area contributed by atoms with Crippen molar-refractivity contribution in [3.63, 3.8) is 0 Å². The van der Waals surface area contributed by atoms with Crippen LogP contribution in [0.2, 0.25) is 10.0 Å². The molecule has 0 bridgehead atoms. The molecule has 3 rings (SSSR count). The third-order valence-corrected chi connectivity index (χ3v) is 5.74.